The van der Waals surface area contributed by atoms with E-state index in [0.29, 0.717) is 0 Å². The van der Waals surface area contributed by atoms with Crippen molar-refractivity contribution in [3.05, 3.63) is 73.2 Å². The molecule has 0 unspecified atom stereocenters. The van der Waals surface area contributed by atoms with Crippen molar-refractivity contribution >= 4 is 7.82 Å². The molecule has 0 bridgehead atoms. The summed E-state index contributed by atoms with van der Waals surface area (Å²) >= 11 is 0. The lowest BCUT2D eigenvalue weighted by molar-refractivity contribution is 0.287. The van der Waals surface area contributed by atoms with E-state index in [4.69, 9.17) is 13.6 Å². The Morgan fingerprint density at radius 3 is 1.22 bits per heavy atom. The van der Waals surface area contributed by atoms with E-state index in [2.05, 4.69) is 15.0 Å². The first-order valence-corrected chi connectivity index (χ1v) is 8.11. The number of phosphoric ester groups is 1. The molecule has 3 rings (SSSR count). The van der Waals surface area contributed by atoms with Crippen LogP contribution in [0, 0.1) is 0 Å². The van der Waals surface area contributed by atoms with Crippen molar-refractivity contribution in [1.29, 1.82) is 0 Å². The summed E-state index contributed by atoms with van der Waals surface area (Å²) in [5, 5.41) is 0. The predicted octanol–water partition coefficient (Wildman–Crippen LogP) is 3.52. The van der Waals surface area contributed by atoms with Gasteiger partial charge in [-0.1, -0.05) is 18.2 Å². The predicted molar refractivity (Wildman–Crippen MR) is 82.2 cm³/mol. The Balaban J connectivity index is 1.87. The standard InChI is InChI=1S/C15H12N3O4P/c19-23(20-13-7-1-4-10-16-13,21-14-8-2-5-11-17-14)22-15-9-3-6-12-18-15/h1-12H. The minimum absolute atomic E-state index is 0.0997. The van der Waals surface area contributed by atoms with Crippen molar-refractivity contribution in [2.24, 2.45) is 0 Å². The molecule has 0 atom stereocenters. The third-order valence-corrected chi connectivity index (χ3v) is 3.76. The van der Waals surface area contributed by atoms with E-state index in [9.17, 15) is 4.57 Å². The van der Waals surface area contributed by atoms with Crippen LogP contribution in [0.2, 0.25) is 0 Å². The van der Waals surface area contributed by atoms with Gasteiger partial charge < -0.3 is 13.6 Å². The summed E-state index contributed by atoms with van der Waals surface area (Å²) in [6.45, 7) is 0. The van der Waals surface area contributed by atoms with Gasteiger partial charge >= 0.3 is 7.82 Å². The monoisotopic (exact) mass is 329 g/mol. The van der Waals surface area contributed by atoms with E-state index >= 15 is 0 Å². The summed E-state index contributed by atoms with van der Waals surface area (Å²) in [6, 6.07) is 14.8. The van der Waals surface area contributed by atoms with Gasteiger partial charge in [-0.15, -0.1) is 0 Å². The SMILES string of the molecule is O=P(Oc1ccccn1)(Oc1ccccn1)Oc1ccccn1. The van der Waals surface area contributed by atoms with Gasteiger partial charge in [-0.05, 0) is 18.2 Å². The minimum atomic E-state index is -4.07. The van der Waals surface area contributed by atoms with Crippen LogP contribution < -0.4 is 13.6 Å². The van der Waals surface area contributed by atoms with Crippen LogP contribution in [-0.4, -0.2) is 15.0 Å². The second-order valence-corrected chi connectivity index (χ2v) is 5.67. The molecule has 116 valence electrons. The van der Waals surface area contributed by atoms with Crippen LogP contribution in [0.5, 0.6) is 17.6 Å². The Bertz CT molecular complexity index is 679. The fourth-order valence-corrected chi connectivity index (χ4v) is 2.73. The molecule has 7 nitrogen and oxygen atoms in total. The number of hydrogen-bond acceptors (Lipinski definition) is 7. The van der Waals surface area contributed by atoms with Gasteiger partial charge in [0.2, 0.25) is 17.6 Å². The first-order chi connectivity index (χ1) is 11.2. The van der Waals surface area contributed by atoms with Crippen LogP contribution >= 0.6 is 7.82 Å². The van der Waals surface area contributed by atoms with E-state index < -0.39 is 7.82 Å². The molecule has 0 aromatic carbocycles. The number of phosphoric acid groups is 1. The van der Waals surface area contributed by atoms with Crippen molar-refractivity contribution < 1.29 is 18.1 Å². The maximum Gasteiger partial charge on any atom is 0.650 e. The first-order valence-electron chi connectivity index (χ1n) is 6.65. The van der Waals surface area contributed by atoms with Crippen LogP contribution in [0.25, 0.3) is 0 Å². The van der Waals surface area contributed by atoms with Gasteiger partial charge in [0.25, 0.3) is 0 Å². The molecule has 3 heterocycles. The molecular formula is C15H12N3O4P. The fourth-order valence-electron chi connectivity index (χ4n) is 1.60. The molecule has 0 N–H and O–H groups in total. The summed E-state index contributed by atoms with van der Waals surface area (Å²) in [4.78, 5) is 11.9. The average Bonchev–Trinajstić information content (AvgIpc) is 2.57. The highest BCUT2D eigenvalue weighted by molar-refractivity contribution is 7.49. The topological polar surface area (TPSA) is 83.4 Å². The van der Waals surface area contributed by atoms with E-state index in [1.54, 1.807) is 36.4 Å². The smallest absolute Gasteiger partial charge is 0.367 e. The van der Waals surface area contributed by atoms with Gasteiger partial charge in [0.1, 0.15) is 0 Å². The number of nitrogens with zero attached hydrogens (tertiary/aromatic N) is 3. The van der Waals surface area contributed by atoms with Crippen LogP contribution in [-0.2, 0) is 4.57 Å². The van der Waals surface area contributed by atoms with Crippen molar-refractivity contribution in [3.63, 3.8) is 0 Å². The molecule has 3 aromatic rings. The van der Waals surface area contributed by atoms with E-state index in [0.717, 1.165) is 0 Å². The van der Waals surface area contributed by atoms with Crippen molar-refractivity contribution in [2.45, 2.75) is 0 Å². The summed E-state index contributed by atoms with van der Waals surface area (Å²) in [5.74, 6) is 0.299. The molecule has 0 aliphatic carbocycles. The lowest BCUT2D eigenvalue weighted by Crippen LogP contribution is -2.09. The van der Waals surface area contributed by atoms with Gasteiger partial charge in [-0.25, -0.2) is 15.0 Å². The highest BCUT2D eigenvalue weighted by atomic mass is 31.2. The van der Waals surface area contributed by atoms with Crippen molar-refractivity contribution in [2.75, 3.05) is 0 Å². The molecule has 0 aliphatic heterocycles. The summed E-state index contributed by atoms with van der Waals surface area (Å²) in [7, 11) is -4.07. The normalized spacial score (nSPS) is 10.8. The van der Waals surface area contributed by atoms with Crippen LogP contribution in [0.1, 0.15) is 0 Å². The third-order valence-electron chi connectivity index (χ3n) is 2.53. The van der Waals surface area contributed by atoms with E-state index in [1.165, 1.54) is 36.8 Å². The molecule has 0 fully saturated rings. The van der Waals surface area contributed by atoms with Crippen molar-refractivity contribution in [3.8, 4) is 17.6 Å². The zero-order chi connectivity index (χ0) is 16.0. The maximum atomic E-state index is 12.9. The van der Waals surface area contributed by atoms with Gasteiger partial charge in [-0.2, -0.15) is 4.57 Å². The third kappa shape index (κ3) is 4.28. The second kappa shape index (κ2) is 6.89. The number of aromatic nitrogens is 3. The number of hydrogen-bond donors (Lipinski definition) is 0. The molecule has 23 heavy (non-hydrogen) atoms. The second-order valence-electron chi connectivity index (χ2n) is 4.23. The highest BCUT2D eigenvalue weighted by Crippen LogP contribution is 2.48. The van der Waals surface area contributed by atoms with E-state index in [-0.39, 0.29) is 17.6 Å². The Hall–Kier alpha value is -2.92. The van der Waals surface area contributed by atoms with Gasteiger partial charge in [-0.3, -0.25) is 0 Å². The van der Waals surface area contributed by atoms with Crippen LogP contribution in [0.3, 0.4) is 0 Å². The molecule has 0 radical (unpaired) electrons. The zero-order valence-electron chi connectivity index (χ0n) is 11.9. The Morgan fingerprint density at radius 2 is 0.957 bits per heavy atom. The molecule has 0 saturated carbocycles. The molecule has 0 aliphatic rings. The van der Waals surface area contributed by atoms with Crippen LogP contribution in [0.15, 0.2) is 73.2 Å². The van der Waals surface area contributed by atoms with Gasteiger partial charge in [0.05, 0.1) is 0 Å². The van der Waals surface area contributed by atoms with Gasteiger partial charge in [0.15, 0.2) is 0 Å². The Morgan fingerprint density at radius 1 is 0.609 bits per heavy atom. The minimum Gasteiger partial charge on any atom is -0.367 e. The fraction of sp³-hybridized carbons (Fsp3) is 0. The highest BCUT2D eigenvalue weighted by Gasteiger charge is 2.34. The Kier molecular flexibility index (Phi) is 4.49. The maximum absolute atomic E-state index is 12.9. The van der Waals surface area contributed by atoms with Crippen LogP contribution in [0.4, 0.5) is 0 Å². The number of pyridine rings is 3. The van der Waals surface area contributed by atoms with Gasteiger partial charge in [0, 0.05) is 36.8 Å². The van der Waals surface area contributed by atoms with E-state index in [1.807, 2.05) is 0 Å². The molecular weight excluding hydrogens is 317 g/mol. The summed E-state index contributed by atoms with van der Waals surface area (Å²) in [5.41, 5.74) is 0. The number of rotatable bonds is 6. The molecule has 8 heteroatoms. The molecule has 0 saturated heterocycles. The largest absolute Gasteiger partial charge is 0.650 e. The average molecular weight is 329 g/mol. The Labute approximate surface area is 132 Å². The lowest BCUT2D eigenvalue weighted by Gasteiger charge is -2.17. The summed E-state index contributed by atoms with van der Waals surface area (Å²) < 4.78 is 28.9. The zero-order valence-corrected chi connectivity index (χ0v) is 12.7. The van der Waals surface area contributed by atoms with Crippen molar-refractivity contribution in [1.82, 2.24) is 15.0 Å². The summed E-state index contributed by atoms with van der Waals surface area (Å²) in [6.07, 6.45) is 4.50. The molecule has 3 aromatic heterocycles. The molecule has 0 amide bonds. The first kappa shape index (κ1) is 15.0. The quantitative estimate of drug-likeness (QED) is 0.640. The lowest BCUT2D eigenvalue weighted by atomic mass is 10.5. The molecule has 0 spiro atoms.